The number of aliphatic imine (C=N–C) groups is 1. The number of rotatable bonds is 4. The highest BCUT2D eigenvalue weighted by atomic mass is 16.5. The number of morpholine rings is 1. The van der Waals surface area contributed by atoms with Gasteiger partial charge in [-0.15, -0.1) is 0 Å². The summed E-state index contributed by atoms with van der Waals surface area (Å²) in [6.45, 7) is 3.08. The fraction of sp³-hybridized carbons (Fsp3) is 0.545. The largest absolute Gasteiger partial charge is 0.481 e. The average molecular weight is 252 g/mol. The molecule has 0 aliphatic carbocycles. The molecule has 0 saturated carbocycles. The Morgan fingerprint density at radius 3 is 2.39 bits per heavy atom. The Morgan fingerprint density at radius 1 is 1.22 bits per heavy atom. The first-order valence-corrected chi connectivity index (χ1v) is 5.65. The van der Waals surface area contributed by atoms with Crippen LogP contribution in [0, 0.1) is 0 Å². The quantitative estimate of drug-likeness (QED) is 0.573. The molecular weight excluding hydrogens is 236 g/mol. The molecule has 18 heavy (non-hydrogen) atoms. The van der Waals surface area contributed by atoms with Gasteiger partial charge in [0.05, 0.1) is 39.8 Å². The van der Waals surface area contributed by atoms with E-state index in [-0.39, 0.29) is 0 Å². The summed E-state index contributed by atoms with van der Waals surface area (Å²) in [5, 5.41) is 0. The number of aromatic nitrogens is 2. The molecule has 0 bridgehead atoms. The van der Waals surface area contributed by atoms with Gasteiger partial charge in [0.1, 0.15) is 0 Å². The van der Waals surface area contributed by atoms with Crippen molar-refractivity contribution in [3.63, 3.8) is 0 Å². The molecule has 7 nitrogen and oxygen atoms in total. The van der Waals surface area contributed by atoms with Crippen molar-refractivity contribution in [2.24, 2.45) is 4.99 Å². The minimum Gasteiger partial charge on any atom is -0.481 e. The van der Waals surface area contributed by atoms with Gasteiger partial charge in [-0.3, -0.25) is 0 Å². The maximum absolute atomic E-state index is 5.25. The van der Waals surface area contributed by atoms with Gasteiger partial charge in [-0.05, 0) is 0 Å². The second-order valence-electron chi connectivity index (χ2n) is 3.65. The Bertz CT molecular complexity index is 396. The molecule has 1 aliphatic heterocycles. The second kappa shape index (κ2) is 6.15. The third-order valence-corrected chi connectivity index (χ3v) is 2.47. The number of ether oxygens (including phenoxy) is 3. The first kappa shape index (κ1) is 12.6. The number of nitrogens with zero attached hydrogens (tertiary/aromatic N) is 4. The maximum Gasteiger partial charge on any atom is 0.257 e. The summed E-state index contributed by atoms with van der Waals surface area (Å²) in [6, 6.07) is 1.60. The number of hydrogen-bond donors (Lipinski definition) is 0. The summed E-state index contributed by atoms with van der Waals surface area (Å²) >= 11 is 0. The Labute approximate surface area is 105 Å². The molecule has 2 rings (SSSR count). The third kappa shape index (κ3) is 3.30. The average Bonchev–Trinajstić information content (AvgIpc) is 2.45. The van der Waals surface area contributed by atoms with Crippen molar-refractivity contribution in [3.8, 4) is 11.8 Å². The van der Waals surface area contributed by atoms with Crippen LogP contribution in [0.4, 0.5) is 5.95 Å². The molecule has 1 aromatic rings. The Kier molecular flexibility index (Phi) is 4.30. The number of hydrogen-bond acceptors (Lipinski definition) is 6. The van der Waals surface area contributed by atoms with Gasteiger partial charge in [0.25, 0.3) is 5.95 Å². The van der Waals surface area contributed by atoms with Crippen LogP contribution < -0.4 is 9.47 Å². The Balaban J connectivity index is 2.09. The zero-order valence-electron chi connectivity index (χ0n) is 10.5. The van der Waals surface area contributed by atoms with Crippen LogP contribution in [-0.4, -0.2) is 61.7 Å². The van der Waals surface area contributed by atoms with Gasteiger partial charge < -0.3 is 19.1 Å². The van der Waals surface area contributed by atoms with Gasteiger partial charge >= 0.3 is 0 Å². The predicted octanol–water partition coefficient (Wildman–Crippen LogP) is 0.486. The predicted molar refractivity (Wildman–Crippen MR) is 65.7 cm³/mol. The summed E-state index contributed by atoms with van der Waals surface area (Å²) < 4.78 is 15.4. The molecule has 1 aromatic heterocycles. The van der Waals surface area contributed by atoms with E-state index in [4.69, 9.17) is 14.2 Å². The molecular formula is C11H16N4O3. The van der Waals surface area contributed by atoms with E-state index in [1.807, 2.05) is 0 Å². The van der Waals surface area contributed by atoms with Crippen LogP contribution in [0.5, 0.6) is 11.8 Å². The van der Waals surface area contributed by atoms with Crippen LogP contribution in [0.15, 0.2) is 11.1 Å². The molecule has 0 aromatic carbocycles. The van der Waals surface area contributed by atoms with E-state index in [0.29, 0.717) is 30.9 Å². The topological polar surface area (TPSA) is 69.1 Å². The smallest absolute Gasteiger partial charge is 0.257 e. The van der Waals surface area contributed by atoms with Gasteiger partial charge in [-0.25, -0.2) is 4.99 Å². The zero-order valence-corrected chi connectivity index (χ0v) is 10.5. The van der Waals surface area contributed by atoms with E-state index in [9.17, 15) is 0 Å². The minimum absolute atomic E-state index is 0.317. The van der Waals surface area contributed by atoms with Gasteiger partial charge in [0.2, 0.25) is 11.8 Å². The van der Waals surface area contributed by atoms with E-state index in [2.05, 4.69) is 19.9 Å². The van der Waals surface area contributed by atoms with E-state index < -0.39 is 0 Å². The van der Waals surface area contributed by atoms with Crippen molar-refractivity contribution in [2.45, 2.75) is 0 Å². The molecule has 98 valence electrons. The van der Waals surface area contributed by atoms with Crippen molar-refractivity contribution in [2.75, 3.05) is 40.5 Å². The van der Waals surface area contributed by atoms with Crippen LogP contribution in [0.1, 0.15) is 0 Å². The van der Waals surface area contributed by atoms with Crippen LogP contribution in [0.3, 0.4) is 0 Å². The Morgan fingerprint density at radius 2 is 1.83 bits per heavy atom. The van der Waals surface area contributed by atoms with E-state index >= 15 is 0 Å². The van der Waals surface area contributed by atoms with Crippen LogP contribution >= 0.6 is 0 Å². The van der Waals surface area contributed by atoms with E-state index in [0.717, 1.165) is 13.1 Å². The van der Waals surface area contributed by atoms with E-state index in [1.54, 1.807) is 12.4 Å². The van der Waals surface area contributed by atoms with Crippen molar-refractivity contribution in [3.05, 3.63) is 6.07 Å². The molecule has 1 saturated heterocycles. The summed E-state index contributed by atoms with van der Waals surface area (Å²) in [6.07, 6.45) is 1.72. The molecule has 0 unspecified atom stereocenters. The van der Waals surface area contributed by atoms with Gasteiger partial charge in [0, 0.05) is 13.1 Å². The molecule has 0 atom stereocenters. The molecule has 1 fully saturated rings. The molecule has 1 aliphatic rings. The first-order valence-electron chi connectivity index (χ1n) is 5.65. The summed E-state index contributed by atoms with van der Waals surface area (Å²) in [7, 11) is 3.08. The highest BCUT2D eigenvalue weighted by molar-refractivity contribution is 5.59. The van der Waals surface area contributed by atoms with Crippen LogP contribution in [0.25, 0.3) is 0 Å². The fourth-order valence-corrected chi connectivity index (χ4v) is 1.49. The lowest BCUT2D eigenvalue weighted by Gasteiger charge is -2.23. The lowest BCUT2D eigenvalue weighted by Crippen LogP contribution is -2.35. The lowest BCUT2D eigenvalue weighted by atomic mass is 10.5. The van der Waals surface area contributed by atoms with Gasteiger partial charge in [-0.1, -0.05) is 0 Å². The molecule has 0 N–H and O–H groups in total. The van der Waals surface area contributed by atoms with Crippen molar-refractivity contribution in [1.29, 1.82) is 0 Å². The monoisotopic (exact) mass is 252 g/mol. The molecule has 2 heterocycles. The maximum atomic E-state index is 5.25. The van der Waals surface area contributed by atoms with Gasteiger partial charge in [0.15, 0.2) is 0 Å². The molecule has 0 spiro atoms. The van der Waals surface area contributed by atoms with Crippen LogP contribution in [-0.2, 0) is 4.74 Å². The normalized spacial score (nSPS) is 16.0. The molecule has 0 amide bonds. The summed E-state index contributed by atoms with van der Waals surface area (Å²) in [5.41, 5.74) is 0. The minimum atomic E-state index is 0.317. The second-order valence-corrected chi connectivity index (χ2v) is 3.65. The van der Waals surface area contributed by atoms with Crippen molar-refractivity contribution < 1.29 is 14.2 Å². The zero-order chi connectivity index (χ0) is 12.8. The summed E-state index contributed by atoms with van der Waals surface area (Å²) in [4.78, 5) is 14.5. The standard InChI is InChI=1S/C11H16N4O3/c1-16-9-7-10(17-2)14-11(13-9)12-8-15-3-5-18-6-4-15/h7-8H,3-6H2,1-2H3/b12-8+. The molecule has 7 heteroatoms. The molecule has 0 radical (unpaired) electrons. The van der Waals surface area contributed by atoms with Crippen molar-refractivity contribution in [1.82, 2.24) is 14.9 Å². The Hall–Kier alpha value is -1.89. The van der Waals surface area contributed by atoms with Crippen molar-refractivity contribution >= 4 is 12.3 Å². The number of methoxy groups -OCH3 is 2. The SMILES string of the molecule is COc1cc(OC)nc(/N=C/N2CCOCC2)n1. The third-order valence-electron chi connectivity index (χ3n) is 2.47. The van der Waals surface area contributed by atoms with Crippen LogP contribution in [0.2, 0.25) is 0 Å². The fourth-order valence-electron chi connectivity index (χ4n) is 1.49. The highest BCUT2D eigenvalue weighted by Gasteiger charge is 2.07. The van der Waals surface area contributed by atoms with Gasteiger partial charge in [-0.2, -0.15) is 9.97 Å². The lowest BCUT2D eigenvalue weighted by molar-refractivity contribution is 0.0701. The van der Waals surface area contributed by atoms with E-state index in [1.165, 1.54) is 14.2 Å². The summed E-state index contributed by atoms with van der Waals surface area (Å²) in [5.74, 6) is 1.17. The highest BCUT2D eigenvalue weighted by Crippen LogP contribution is 2.18. The first-order chi connectivity index (χ1) is 8.81.